The lowest BCUT2D eigenvalue weighted by atomic mass is 9.81. The summed E-state index contributed by atoms with van der Waals surface area (Å²) in [5, 5.41) is 8.55. The van der Waals surface area contributed by atoms with Crippen LogP contribution in [0.15, 0.2) is 72.1 Å². The Morgan fingerprint density at radius 2 is 1.68 bits per heavy atom. The number of para-hydroxylation sites is 1. The summed E-state index contributed by atoms with van der Waals surface area (Å²) in [6, 6.07) is 23.8. The largest absolute Gasteiger partial charge is 0.335 e. The summed E-state index contributed by atoms with van der Waals surface area (Å²) in [6.45, 7) is 1.05. The van der Waals surface area contributed by atoms with Crippen molar-refractivity contribution < 1.29 is 4.79 Å². The third-order valence-electron chi connectivity index (χ3n) is 6.64. The predicted molar refractivity (Wildman–Crippen MR) is 128 cm³/mol. The lowest BCUT2D eigenvalue weighted by Gasteiger charge is -2.49. The second kappa shape index (κ2) is 9.25. The van der Waals surface area contributed by atoms with Gasteiger partial charge in [0.1, 0.15) is 0 Å². The Kier molecular flexibility index (Phi) is 6.05. The van der Waals surface area contributed by atoms with Gasteiger partial charge in [-0.2, -0.15) is 0 Å². The number of amides is 2. The fraction of sp³-hybridized carbons (Fsp3) is 0.346. The molecule has 2 aliphatic rings. The van der Waals surface area contributed by atoms with Crippen molar-refractivity contribution in [2.24, 2.45) is 0 Å². The number of urea groups is 1. The number of benzene rings is 2. The van der Waals surface area contributed by atoms with Gasteiger partial charge in [-0.1, -0.05) is 61.0 Å². The van der Waals surface area contributed by atoms with E-state index < -0.39 is 0 Å². The molecule has 0 saturated carbocycles. The topological polar surface area (TPSA) is 44.4 Å². The molecule has 0 aliphatic carbocycles. The van der Waals surface area contributed by atoms with Gasteiger partial charge in [0.05, 0.1) is 5.69 Å². The Morgan fingerprint density at radius 3 is 2.42 bits per heavy atom. The number of fused-ring (bicyclic) bond motifs is 2. The first-order valence-corrected chi connectivity index (χ1v) is 12.1. The minimum absolute atomic E-state index is 0.0989. The quantitative estimate of drug-likeness (QED) is 0.511. The molecule has 2 aliphatic heterocycles. The molecule has 160 valence electrons. The first-order chi connectivity index (χ1) is 15.3. The average molecular weight is 432 g/mol. The number of piperidine rings is 2. The van der Waals surface area contributed by atoms with E-state index in [-0.39, 0.29) is 12.1 Å². The van der Waals surface area contributed by atoms with E-state index in [0.717, 1.165) is 36.2 Å². The van der Waals surface area contributed by atoms with Crippen LogP contribution in [-0.4, -0.2) is 29.1 Å². The Labute approximate surface area is 188 Å². The lowest BCUT2D eigenvalue weighted by Crippen LogP contribution is -2.56. The monoisotopic (exact) mass is 431 g/mol. The van der Waals surface area contributed by atoms with Gasteiger partial charge in [-0.3, -0.25) is 4.90 Å². The fourth-order valence-electron chi connectivity index (χ4n) is 5.24. The number of hydrogen-bond acceptors (Lipinski definition) is 3. The number of anilines is 1. The van der Waals surface area contributed by atoms with Crippen molar-refractivity contribution in [2.45, 2.75) is 56.8 Å². The summed E-state index contributed by atoms with van der Waals surface area (Å²) in [5.74, 6) is 0. The molecule has 4 nitrogen and oxygen atoms in total. The molecule has 2 atom stereocenters. The average Bonchev–Trinajstić information content (AvgIpc) is 3.28. The predicted octanol–water partition coefficient (Wildman–Crippen LogP) is 6.12. The van der Waals surface area contributed by atoms with Gasteiger partial charge in [-0.25, -0.2) is 4.79 Å². The Hall–Kier alpha value is -2.63. The maximum absolute atomic E-state index is 12.9. The van der Waals surface area contributed by atoms with Crippen molar-refractivity contribution in [3.8, 4) is 11.1 Å². The minimum atomic E-state index is -0.0989. The van der Waals surface area contributed by atoms with Crippen molar-refractivity contribution >= 4 is 23.1 Å². The van der Waals surface area contributed by atoms with Crippen LogP contribution in [0.2, 0.25) is 0 Å². The van der Waals surface area contributed by atoms with Crippen molar-refractivity contribution in [3.63, 3.8) is 0 Å². The number of thiophene rings is 1. The second-order valence-electron chi connectivity index (χ2n) is 8.67. The normalized spacial score (nSPS) is 23.3. The molecule has 0 spiro atoms. The van der Waals surface area contributed by atoms with Crippen LogP contribution in [0.3, 0.4) is 0 Å². The number of hydrogen-bond donors (Lipinski definition) is 2. The van der Waals surface area contributed by atoms with Gasteiger partial charge < -0.3 is 10.6 Å². The summed E-state index contributed by atoms with van der Waals surface area (Å²) in [7, 11) is 0. The Bertz CT molecular complexity index is 991. The molecule has 2 aromatic carbocycles. The highest BCUT2D eigenvalue weighted by molar-refractivity contribution is 7.09. The van der Waals surface area contributed by atoms with Crippen molar-refractivity contribution in [3.05, 3.63) is 77.0 Å². The number of nitrogens with one attached hydrogen (secondary N) is 2. The van der Waals surface area contributed by atoms with E-state index >= 15 is 0 Å². The van der Waals surface area contributed by atoms with E-state index in [9.17, 15) is 4.79 Å². The maximum atomic E-state index is 12.9. The molecule has 31 heavy (non-hydrogen) atoms. The zero-order chi connectivity index (χ0) is 21.0. The molecule has 2 bridgehead atoms. The summed E-state index contributed by atoms with van der Waals surface area (Å²) in [4.78, 5) is 17.0. The highest BCUT2D eigenvalue weighted by Gasteiger charge is 2.38. The first kappa shape index (κ1) is 20.3. The number of nitrogens with zero attached hydrogens (tertiary/aromatic N) is 1. The van der Waals surface area contributed by atoms with E-state index in [1.807, 2.05) is 47.7 Å². The highest BCUT2D eigenvalue weighted by Crippen LogP contribution is 2.36. The maximum Gasteiger partial charge on any atom is 0.319 e. The lowest BCUT2D eigenvalue weighted by molar-refractivity contribution is 0.0208. The summed E-state index contributed by atoms with van der Waals surface area (Å²) in [5.41, 5.74) is 3.00. The minimum Gasteiger partial charge on any atom is -0.335 e. The third-order valence-corrected chi connectivity index (χ3v) is 7.50. The van der Waals surface area contributed by atoms with Gasteiger partial charge in [0.15, 0.2) is 0 Å². The third kappa shape index (κ3) is 4.68. The highest BCUT2D eigenvalue weighted by atomic mass is 32.1. The fourth-order valence-corrected chi connectivity index (χ4v) is 5.96. The van der Waals surface area contributed by atoms with Crippen LogP contribution in [0.1, 0.15) is 37.0 Å². The molecule has 2 N–H and O–H groups in total. The Balaban J connectivity index is 1.23. The Morgan fingerprint density at radius 1 is 0.935 bits per heavy atom. The molecule has 0 radical (unpaired) electrons. The molecule has 3 aromatic rings. The molecule has 5 rings (SSSR count). The molecule has 2 fully saturated rings. The van der Waals surface area contributed by atoms with Crippen molar-refractivity contribution in [2.75, 3.05) is 5.32 Å². The van der Waals surface area contributed by atoms with Crippen LogP contribution in [0.4, 0.5) is 10.5 Å². The molecule has 3 heterocycles. The van der Waals surface area contributed by atoms with E-state index in [1.165, 1.54) is 24.1 Å². The standard InChI is InChI=1S/C26H29N3OS/c30-26(28-25-14-5-4-13-24(25)19-8-2-1-3-9-19)27-20-16-21-10-6-11-22(17-20)29(21)18-23-12-7-15-31-23/h1-5,7-9,12-15,20-22H,6,10-11,16-18H2,(H2,27,28,30)/t21-,22-/m0/s1. The van der Waals surface area contributed by atoms with Crippen LogP contribution in [0.25, 0.3) is 11.1 Å². The van der Waals surface area contributed by atoms with Gasteiger partial charge in [0, 0.05) is 35.1 Å². The molecule has 0 unspecified atom stereocenters. The van der Waals surface area contributed by atoms with Crippen LogP contribution < -0.4 is 10.6 Å². The van der Waals surface area contributed by atoms with Gasteiger partial charge in [0.2, 0.25) is 0 Å². The van der Waals surface area contributed by atoms with E-state index in [2.05, 4.69) is 51.2 Å². The van der Waals surface area contributed by atoms with Crippen LogP contribution in [0.5, 0.6) is 0 Å². The van der Waals surface area contributed by atoms with E-state index in [4.69, 9.17) is 0 Å². The number of carbonyl (C=O) groups excluding carboxylic acids is 1. The molecule has 2 saturated heterocycles. The number of carbonyl (C=O) groups is 1. The molecule has 2 amide bonds. The van der Waals surface area contributed by atoms with Gasteiger partial charge in [-0.15, -0.1) is 11.3 Å². The summed E-state index contributed by atoms with van der Waals surface area (Å²) in [6.07, 6.45) is 5.85. The van der Waals surface area contributed by atoms with Crippen LogP contribution >= 0.6 is 11.3 Å². The van der Waals surface area contributed by atoms with Gasteiger partial charge in [-0.05, 0) is 48.8 Å². The molecule has 5 heteroatoms. The zero-order valence-electron chi connectivity index (χ0n) is 17.7. The van der Waals surface area contributed by atoms with Crippen molar-refractivity contribution in [1.82, 2.24) is 10.2 Å². The van der Waals surface area contributed by atoms with Gasteiger partial charge >= 0.3 is 6.03 Å². The van der Waals surface area contributed by atoms with Crippen LogP contribution in [-0.2, 0) is 6.54 Å². The zero-order valence-corrected chi connectivity index (χ0v) is 18.5. The summed E-state index contributed by atoms with van der Waals surface area (Å²) < 4.78 is 0. The smallest absolute Gasteiger partial charge is 0.319 e. The molecular weight excluding hydrogens is 402 g/mol. The van der Waals surface area contributed by atoms with E-state index in [0.29, 0.717) is 12.1 Å². The van der Waals surface area contributed by atoms with Crippen LogP contribution in [0, 0.1) is 0 Å². The van der Waals surface area contributed by atoms with E-state index in [1.54, 1.807) is 0 Å². The van der Waals surface area contributed by atoms with Gasteiger partial charge in [0.25, 0.3) is 0 Å². The SMILES string of the molecule is O=C(Nc1ccccc1-c1ccccc1)NC1C[C@@H]2CCC[C@@H](C1)N2Cc1cccs1. The van der Waals surface area contributed by atoms with Crippen molar-refractivity contribution in [1.29, 1.82) is 0 Å². The number of rotatable bonds is 5. The first-order valence-electron chi connectivity index (χ1n) is 11.3. The molecular formula is C26H29N3OS. The molecule has 1 aromatic heterocycles. The summed E-state index contributed by atoms with van der Waals surface area (Å²) >= 11 is 1.85. The second-order valence-corrected chi connectivity index (χ2v) is 9.70.